The molecule has 1 heterocycles. The molecule has 0 aliphatic carbocycles. The molecule has 1 saturated heterocycles. The topological polar surface area (TPSA) is 75.5 Å². The Kier molecular flexibility index (Phi) is 4.90. The Labute approximate surface area is 150 Å². The van der Waals surface area contributed by atoms with Crippen LogP contribution in [0.3, 0.4) is 0 Å². The molecule has 6 nitrogen and oxygen atoms in total. The number of benzene rings is 2. The zero-order valence-electron chi connectivity index (χ0n) is 13.8. The van der Waals surface area contributed by atoms with Crippen LogP contribution >= 0.6 is 11.6 Å². The molecule has 0 aromatic heterocycles. The quantitative estimate of drug-likeness (QED) is 0.648. The first-order valence-corrected chi connectivity index (χ1v) is 8.44. The lowest BCUT2D eigenvalue weighted by Gasteiger charge is -2.21. The van der Waals surface area contributed by atoms with Gasteiger partial charge in [0.05, 0.1) is 16.2 Å². The Morgan fingerprint density at radius 1 is 1.20 bits per heavy atom. The van der Waals surface area contributed by atoms with Gasteiger partial charge in [-0.3, -0.25) is 14.9 Å². The lowest BCUT2D eigenvalue weighted by atomic mass is 10.1. The smallest absolute Gasteiger partial charge is 0.270 e. The number of anilines is 2. The number of halogens is 1. The summed E-state index contributed by atoms with van der Waals surface area (Å²) in [5.41, 5.74) is 2.38. The molecule has 1 amide bonds. The fourth-order valence-electron chi connectivity index (χ4n) is 2.92. The predicted molar refractivity (Wildman–Crippen MR) is 98.7 cm³/mol. The number of nitro groups is 1. The van der Waals surface area contributed by atoms with E-state index >= 15 is 0 Å². The minimum Gasteiger partial charge on any atom is -0.371 e. The second-order valence-electron chi connectivity index (χ2n) is 6.07. The van der Waals surface area contributed by atoms with Crippen molar-refractivity contribution in [2.45, 2.75) is 19.8 Å². The molecule has 0 saturated carbocycles. The summed E-state index contributed by atoms with van der Waals surface area (Å²) in [7, 11) is 0. The molecule has 0 bridgehead atoms. The first kappa shape index (κ1) is 17.2. The van der Waals surface area contributed by atoms with E-state index in [-0.39, 0.29) is 11.6 Å². The summed E-state index contributed by atoms with van der Waals surface area (Å²) in [6.07, 6.45) is 2.09. The highest BCUT2D eigenvalue weighted by molar-refractivity contribution is 6.31. The van der Waals surface area contributed by atoms with Gasteiger partial charge in [0.2, 0.25) is 0 Å². The fraction of sp³-hybridized carbons (Fsp3) is 0.278. The number of hydrogen-bond acceptors (Lipinski definition) is 4. The van der Waals surface area contributed by atoms with Gasteiger partial charge in [0.25, 0.3) is 11.6 Å². The summed E-state index contributed by atoms with van der Waals surface area (Å²) in [4.78, 5) is 25.4. The van der Waals surface area contributed by atoms with Gasteiger partial charge in [-0.25, -0.2) is 0 Å². The molecule has 1 fully saturated rings. The number of carbonyl (C=O) groups is 1. The number of carbonyl (C=O) groups excluding carboxylic acids is 1. The van der Waals surface area contributed by atoms with Crippen LogP contribution in [-0.2, 0) is 0 Å². The van der Waals surface area contributed by atoms with Crippen LogP contribution in [0.15, 0.2) is 36.4 Å². The Morgan fingerprint density at radius 3 is 2.56 bits per heavy atom. The van der Waals surface area contributed by atoms with Crippen molar-refractivity contribution in [2.24, 2.45) is 0 Å². The van der Waals surface area contributed by atoms with E-state index in [1.54, 1.807) is 18.2 Å². The number of nitro benzene ring substituents is 1. The normalized spacial score (nSPS) is 13.8. The predicted octanol–water partition coefficient (Wildman–Crippen LogP) is 4.41. The molecule has 7 heteroatoms. The van der Waals surface area contributed by atoms with Gasteiger partial charge in [-0.2, -0.15) is 0 Å². The summed E-state index contributed by atoms with van der Waals surface area (Å²) >= 11 is 6.10. The minimum absolute atomic E-state index is 0.102. The minimum atomic E-state index is -0.493. The van der Waals surface area contributed by atoms with E-state index in [9.17, 15) is 14.9 Å². The van der Waals surface area contributed by atoms with Crippen LogP contribution in [0.4, 0.5) is 17.1 Å². The number of nitrogens with zero attached hydrogens (tertiary/aromatic N) is 2. The van der Waals surface area contributed by atoms with Crippen molar-refractivity contribution in [1.29, 1.82) is 0 Å². The van der Waals surface area contributed by atoms with Crippen molar-refractivity contribution in [2.75, 3.05) is 23.3 Å². The highest BCUT2D eigenvalue weighted by atomic mass is 35.5. The fourth-order valence-corrected chi connectivity index (χ4v) is 3.10. The van der Waals surface area contributed by atoms with Crippen LogP contribution in [0.2, 0.25) is 5.02 Å². The van der Waals surface area contributed by atoms with E-state index in [2.05, 4.69) is 10.2 Å². The number of amides is 1. The van der Waals surface area contributed by atoms with Gasteiger partial charge < -0.3 is 10.2 Å². The molecule has 25 heavy (non-hydrogen) atoms. The Balaban J connectivity index is 1.94. The molecule has 2 aromatic carbocycles. The van der Waals surface area contributed by atoms with Crippen molar-refractivity contribution in [3.05, 3.63) is 62.7 Å². The number of nitrogens with one attached hydrogen (secondary N) is 1. The summed E-state index contributed by atoms with van der Waals surface area (Å²) in [5.74, 6) is -0.384. The van der Waals surface area contributed by atoms with Crippen LogP contribution in [0.5, 0.6) is 0 Å². The molecule has 1 N–H and O–H groups in total. The molecule has 0 atom stereocenters. The largest absolute Gasteiger partial charge is 0.371 e. The Bertz CT molecular complexity index is 832. The van der Waals surface area contributed by atoms with Crippen LogP contribution in [0.25, 0.3) is 0 Å². The highest BCUT2D eigenvalue weighted by Crippen LogP contribution is 2.29. The van der Waals surface area contributed by atoms with Crippen molar-refractivity contribution in [3.63, 3.8) is 0 Å². The number of aryl methyl sites for hydroxylation is 1. The van der Waals surface area contributed by atoms with Gasteiger partial charge >= 0.3 is 0 Å². The van der Waals surface area contributed by atoms with Crippen molar-refractivity contribution in [1.82, 2.24) is 0 Å². The lowest BCUT2D eigenvalue weighted by Crippen LogP contribution is -2.23. The van der Waals surface area contributed by atoms with Crippen LogP contribution in [-0.4, -0.2) is 23.9 Å². The molecular formula is C18H18ClN3O3. The third-order valence-corrected chi connectivity index (χ3v) is 4.72. The maximum atomic E-state index is 12.8. The van der Waals surface area contributed by atoms with E-state index in [4.69, 9.17) is 11.6 Å². The van der Waals surface area contributed by atoms with Gasteiger partial charge in [0.15, 0.2) is 0 Å². The average molecular weight is 360 g/mol. The van der Waals surface area contributed by atoms with Gasteiger partial charge in [0, 0.05) is 35.9 Å². The molecule has 1 aliphatic rings. The van der Waals surface area contributed by atoms with E-state index in [1.165, 1.54) is 12.1 Å². The SMILES string of the molecule is Cc1ccc(NC(=O)c2cc([N+](=O)[O-])ccc2N2CCCC2)cc1Cl. The molecule has 3 rings (SSSR count). The van der Waals surface area contributed by atoms with Crippen LogP contribution in [0, 0.1) is 17.0 Å². The van der Waals surface area contributed by atoms with Gasteiger partial charge in [0.1, 0.15) is 0 Å². The molecule has 0 spiro atoms. The third-order valence-electron chi connectivity index (χ3n) is 4.31. The van der Waals surface area contributed by atoms with Crippen molar-refractivity contribution in [3.8, 4) is 0 Å². The average Bonchev–Trinajstić information content (AvgIpc) is 3.12. The first-order chi connectivity index (χ1) is 12.0. The Morgan fingerprint density at radius 2 is 1.92 bits per heavy atom. The standard InChI is InChI=1S/C18H18ClN3O3/c1-12-4-5-13(10-16(12)19)20-18(23)15-11-14(22(24)25)6-7-17(15)21-8-2-3-9-21/h4-7,10-11H,2-3,8-9H2,1H3,(H,20,23). The van der Waals surface area contributed by atoms with E-state index < -0.39 is 4.92 Å². The maximum Gasteiger partial charge on any atom is 0.270 e. The molecule has 2 aromatic rings. The second-order valence-corrected chi connectivity index (χ2v) is 6.48. The summed E-state index contributed by atoms with van der Waals surface area (Å²) < 4.78 is 0. The van der Waals surface area contributed by atoms with Crippen molar-refractivity contribution < 1.29 is 9.72 Å². The van der Waals surface area contributed by atoms with E-state index in [0.29, 0.717) is 16.3 Å². The molecule has 130 valence electrons. The summed E-state index contributed by atoms with van der Waals surface area (Å²) in [5, 5.41) is 14.4. The first-order valence-electron chi connectivity index (χ1n) is 8.06. The van der Waals surface area contributed by atoms with E-state index in [1.807, 2.05) is 13.0 Å². The maximum absolute atomic E-state index is 12.8. The number of non-ortho nitro benzene ring substituents is 1. The number of rotatable bonds is 4. The van der Waals surface area contributed by atoms with E-state index in [0.717, 1.165) is 37.2 Å². The second kappa shape index (κ2) is 7.11. The highest BCUT2D eigenvalue weighted by Gasteiger charge is 2.22. The molecular weight excluding hydrogens is 342 g/mol. The summed E-state index contributed by atoms with van der Waals surface area (Å²) in [6, 6.07) is 9.66. The zero-order valence-corrected chi connectivity index (χ0v) is 14.5. The van der Waals surface area contributed by atoms with Crippen molar-refractivity contribution >= 4 is 34.6 Å². The zero-order chi connectivity index (χ0) is 18.0. The van der Waals surface area contributed by atoms with Gasteiger partial charge in [-0.15, -0.1) is 0 Å². The Hall–Kier alpha value is -2.60. The van der Waals surface area contributed by atoms with Gasteiger partial charge in [-0.1, -0.05) is 17.7 Å². The third kappa shape index (κ3) is 3.74. The van der Waals surface area contributed by atoms with Crippen LogP contribution in [0.1, 0.15) is 28.8 Å². The monoisotopic (exact) mass is 359 g/mol. The summed E-state index contributed by atoms with van der Waals surface area (Å²) in [6.45, 7) is 3.56. The molecule has 0 radical (unpaired) electrons. The lowest BCUT2D eigenvalue weighted by molar-refractivity contribution is -0.384. The molecule has 0 unspecified atom stereocenters. The molecule has 1 aliphatic heterocycles. The van der Waals surface area contributed by atoms with Crippen LogP contribution < -0.4 is 10.2 Å². The van der Waals surface area contributed by atoms with Gasteiger partial charge in [-0.05, 0) is 43.5 Å². The number of hydrogen-bond donors (Lipinski definition) is 1.